The lowest BCUT2D eigenvalue weighted by atomic mass is 9.85. The van der Waals surface area contributed by atoms with Gasteiger partial charge in [0.1, 0.15) is 5.75 Å². The van der Waals surface area contributed by atoms with Crippen molar-refractivity contribution < 1.29 is 9.53 Å². The van der Waals surface area contributed by atoms with Gasteiger partial charge in [0.2, 0.25) is 5.91 Å². The van der Waals surface area contributed by atoms with E-state index in [4.69, 9.17) is 14.7 Å². The molecule has 1 aromatic heterocycles. The molecular formula is C28H30IN3O2. The summed E-state index contributed by atoms with van der Waals surface area (Å²) < 4.78 is 6.59. The highest BCUT2D eigenvalue weighted by Crippen LogP contribution is 2.36. The van der Waals surface area contributed by atoms with Crippen LogP contribution < -0.4 is 10.1 Å². The van der Waals surface area contributed by atoms with Gasteiger partial charge in [-0.2, -0.15) is 0 Å². The molecular weight excluding hydrogens is 537 g/mol. The molecule has 0 unspecified atom stereocenters. The van der Waals surface area contributed by atoms with Gasteiger partial charge in [-0.25, -0.2) is 9.97 Å². The second kappa shape index (κ2) is 10.4. The molecule has 34 heavy (non-hydrogen) atoms. The van der Waals surface area contributed by atoms with Crippen LogP contribution in [0.1, 0.15) is 54.6 Å². The third-order valence-electron chi connectivity index (χ3n) is 6.98. The minimum absolute atomic E-state index is 0.0405. The van der Waals surface area contributed by atoms with E-state index in [1.54, 1.807) is 7.11 Å². The lowest BCUT2D eigenvalue weighted by Crippen LogP contribution is -2.21. The predicted octanol–water partition coefficient (Wildman–Crippen LogP) is 6.16. The van der Waals surface area contributed by atoms with Crippen molar-refractivity contribution in [1.82, 2.24) is 9.97 Å². The maximum atomic E-state index is 13.0. The van der Waals surface area contributed by atoms with Crippen LogP contribution in [-0.2, 0) is 30.5 Å². The van der Waals surface area contributed by atoms with Gasteiger partial charge in [0.05, 0.1) is 30.6 Å². The maximum Gasteiger partial charge on any atom is 0.229 e. The molecule has 1 fully saturated rings. The molecule has 2 aromatic carbocycles. The van der Waals surface area contributed by atoms with Crippen molar-refractivity contribution in [3.63, 3.8) is 0 Å². The number of ether oxygens (including phenoxy) is 1. The van der Waals surface area contributed by atoms with E-state index >= 15 is 0 Å². The van der Waals surface area contributed by atoms with Crippen molar-refractivity contribution in [2.45, 2.75) is 57.8 Å². The largest absolute Gasteiger partial charge is 0.497 e. The van der Waals surface area contributed by atoms with Crippen LogP contribution in [0.2, 0.25) is 0 Å². The number of benzene rings is 2. The lowest BCUT2D eigenvalue weighted by molar-refractivity contribution is -0.115. The molecule has 176 valence electrons. The van der Waals surface area contributed by atoms with E-state index in [9.17, 15) is 4.79 Å². The predicted molar refractivity (Wildman–Crippen MR) is 143 cm³/mol. The third kappa shape index (κ3) is 5.27. The number of fused-ring (bicyclic) bond motifs is 3. The molecule has 2 aliphatic carbocycles. The normalized spacial score (nSPS) is 15.4. The third-order valence-corrected chi connectivity index (χ3v) is 7.70. The summed E-state index contributed by atoms with van der Waals surface area (Å²) in [4.78, 5) is 23.1. The average Bonchev–Trinajstić information content (AvgIpc) is 2.86. The SMILES string of the molecule is COc1ccc2c(c1)CCc1nc(NC(=O)Cc3ccc(I)cc3)c(CC3CCCCC3)nc1-2. The number of hydrogen-bond acceptors (Lipinski definition) is 4. The van der Waals surface area contributed by atoms with Crippen molar-refractivity contribution in [2.75, 3.05) is 12.4 Å². The Morgan fingerprint density at radius 3 is 2.62 bits per heavy atom. The fourth-order valence-corrected chi connectivity index (χ4v) is 5.51. The molecule has 1 saturated carbocycles. The topological polar surface area (TPSA) is 64.1 Å². The summed E-state index contributed by atoms with van der Waals surface area (Å²) in [6, 6.07) is 14.3. The fraction of sp³-hybridized carbons (Fsp3) is 0.393. The lowest BCUT2D eigenvalue weighted by Gasteiger charge is -2.25. The molecule has 5 rings (SSSR count). The van der Waals surface area contributed by atoms with Gasteiger partial charge in [-0.3, -0.25) is 4.79 Å². The molecule has 0 radical (unpaired) electrons. The van der Waals surface area contributed by atoms with E-state index in [0.717, 1.165) is 56.8 Å². The van der Waals surface area contributed by atoms with Crippen LogP contribution in [0.5, 0.6) is 5.75 Å². The Balaban J connectivity index is 1.46. The van der Waals surface area contributed by atoms with Gasteiger partial charge >= 0.3 is 0 Å². The molecule has 0 saturated heterocycles. The van der Waals surface area contributed by atoms with Crippen molar-refractivity contribution in [3.05, 3.63) is 68.5 Å². The maximum absolute atomic E-state index is 13.0. The summed E-state index contributed by atoms with van der Waals surface area (Å²) in [5.74, 6) is 2.09. The summed E-state index contributed by atoms with van der Waals surface area (Å²) in [7, 11) is 1.70. The van der Waals surface area contributed by atoms with Gasteiger partial charge in [0.15, 0.2) is 5.82 Å². The quantitative estimate of drug-likeness (QED) is 0.363. The summed E-state index contributed by atoms with van der Waals surface area (Å²) >= 11 is 2.28. The first-order valence-corrected chi connectivity index (χ1v) is 13.3. The number of hydrogen-bond donors (Lipinski definition) is 1. The number of carbonyl (C=O) groups is 1. The van der Waals surface area contributed by atoms with Crippen molar-refractivity contribution in [3.8, 4) is 17.0 Å². The zero-order valence-corrected chi connectivity index (χ0v) is 21.7. The van der Waals surface area contributed by atoms with Crippen molar-refractivity contribution in [1.29, 1.82) is 0 Å². The van der Waals surface area contributed by atoms with Crippen molar-refractivity contribution in [2.24, 2.45) is 5.92 Å². The van der Waals surface area contributed by atoms with E-state index in [2.05, 4.69) is 40.0 Å². The Morgan fingerprint density at radius 2 is 1.85 bits per heavy atom. The second-order valence-corrected chi connectivity index (χ2v) is 10.6. The monoisotopic (exact) mass is 567 g/mol. The number of carbonyl (C=O) groups excluding carboxylic acids is 1. The number of aryl methyl sites for hydroxylation is 2. The Bertz CT molecular complexity index is 1190. The number of halogens is 1. The molecule has 3 aromatic rings. The molecule has 1 heterocycles. The molecule has 1 amide bonds. The van der Waals surface area contributed by atoms with Crippen LogP contribution in [0.25, 0.3) is 11.3 Å². The fourth-order valence-electron chi connectivity index (χ4n) is 5.15. The highest BCUT2D eigenvalue weighted by atomic mass is 127. The minimum Gasteiger partial charge on any atom is -0.497 e. The van der Waals surface area contributed by atoms with Gasteiger partial charge < -0.3 is 10.1 Å². The minimum atomic E-state index is -0.0405. The van der Waals surface area contributed by atoms with Gasteiger partial charge in [0.25, 0.3) is 0 Å². The summed E-state index contributed by atoms with van der Waals surface area (Å²) in [6.45, 7) is 0. The number of nitrogens with one attached hydrogen (secondary N) is 1. The number of anilines is 1. The molecule has 0 aliphatic heterocycles. The van der Waals surface area contributed by atoms with E-state index < -0.39 is 0 Å². The van der Waals surface area contributed by atoms with Gasteiger partial charge in [-0.1, -0.05) is 44.2 Å². The first-order valence-electron chi connectivity index (χ1n) is 12.2. The van der Waals surface area contributed by atoms with E-state index in [1.807, 2.05) is 30.3 Å². The Hall–Kier alpha value is -2.48. The smallest absolute Gasteiger partial charge is 0.229 e. The summed E-state index contributed by atoms with van der Waals surface area (Å²) in [5, 5.41) is 3.12. The molecule has 0 spiro atoms. The number of nitrogens with zero attached hydrogens (tertiary/aromatic N) is 2. The van der Waals surface area contributed by atoms with Crippen LogP contribution in [-0.4, -0.2) is 23.0 Å². The Kier molecular flexibility index (Phi) is 7.13. The van der Waals surface area contributed by atoms with Crippen LogP contribution in [0, 0.1) is 9.49 Å². The van der Waals surface area contributed by atoms with Crippen LogP contribution in [0.15, 0.2) is 42.5 Å². The summed E-state index contributed by atoms with van der Waals surface area (Å²) in [6.07, 6.45) is 9.23. The zero-order chi connectivity index (χ0) is 23.5. The van der Waals surface area contributed by atoms with Gasteiger partial charge in [0, 0.05) is 9.13 Å². The van der Waals surface area contributed by atoms with Gasteiger partial charge in [-0.05, 0) is 89.2 Å². The Labute approximate surface area is 214 Å². The molecule has 5 nitrogen and oxygen atoms in total. The first-order chi connectivity index (χ1) is 16.6. The summed E-state index contributed by atoms with van der Waals surface area (Å²) in [5.41, 5.74) is 6.24. The number of rotatable bonds is 6. The highest BCUT2D eigenvalue weighted by molar-refractivity contribution is 14.1. The average molecular weight is 567 g/mol. The molecule has 6 heteroatoms. The zero-order valence-electron chi connectivity index (χ0n) is 19.6. The molecule has 0 atom stereocenters. The van der Waals surface area contributed by atoms with Crippen LogP contribution >= 0.6 is 22.6 Å². The Morgan fingerprint density at radius 1 is 1.06 bits per heavy atom. The number of amides is 1. The molecule has 1 N–H and O–H groups in total. The van der Waals surface area contributed by atoms with Crippen molar-refractivity contribution >= 4 is 34.3 Å². The first kappa shape index (κ1) is 23.3. The highest BCUT2D eigenvalue weighted by Gasteiger charge is 2.25. The van der Waals surface area contributed by atoms with Crippen LogP contribution in [0.4, 0.5) is 5.82 Å². The number of methoxy groups -OCH3 is 1. The van der Waals surface area contributed by atoms with Gasteiger partial charge in [-0.15, -0.1) is 0 Å². The standard InChI is InChI=1S/C28H30IN3O2/c1-34-22-12-13-23-20(17-22)9-14-24-27(23)30-25(15-18-5-3-2-4-6-18)28(31-24)32-26(33)16-19-7-10-21(29)11-8-19/h7-8,10-13,17-18H,2-6,9,14-16H2,1H3,(H,31,32,33). The van der Waals surface area contributed by atoms with E-state index in [-0.39, 0.29) is 5.91 Å². The van der Waals surface area contributed by atoms with E-state index in [1.165, 1.54) is 37.7 Å². The van der Waals surface area contributed by atoms with E-state index in [0.29, 0.717) is 18.2 Å². The molecule has 2 aliphatic rings. The van der Waals surface area contributed by atoms with Crippen LogP contribution in [0.3, 0.4) is 0 Å². The molecule has 0 bridgehead atoms. The second-order valence-electron chi connectivity index (χ2n) is 9.40. The number of aromatic nitrogens is 2.